The number of nitrogens with zero attached hydrogens (tertiary/aromatic N) is 3. The summed E-state index contributed by atoms with van der Waals surface area (Å²) >= 11 is 0. The molecule has 0 saturated heterocycles. The average molecular weight is 359 g/mol. The monoisotopic (exact) mass is 359 g/mol. The fourth-order valence-electron chi connectivity index (χ4n) is 2.18. The molecule has 134 valence electrons. The Balaban J connectivity index is 1.80. The van der Waals surface area contributed by atoms with Gasteiger partial charge < -0.3 is 19.1 Å². The van der Waals surface area contributed by atoms with E-state index in [1.807, 2.05) is 0 Å². The third kappa shape index (κ3) is 3.67. The van der Waals surface area contributed by atoms with Crippen LogP contribution in [0.4, 0.5) is 4.39 Å². The molecule has 0 saturated carbocycles. The van der Waals surface area contributed by atoms with Crippen LogP contribution in [-0.2, 0) is 18.0 Å². The zero-order valence-electron chi connectivity index (χ0n) is 13.7. The number of pyridine rings is 2. The second kappa shape index (κ2) is 7.70. The van der Waals surface area contributed by atoms with Gasteiger partial charge in [-0.1, -0.05) is 5.16 Å². The average Bonchev–Trinajstić information content (AvgIpc) is 3.09. The van der Waals surface area contributed by atoms with Gasteiger partial charge in [-0.2, -0.15) is 0 Å². The van der Waals surface area contributed by atoms with Crippen molar-refractivity contribution in [3.8, 4) is 17.3 Å². The third-order valence-corrected chi connectivity index (χ3v) is 3.51. The molecule has 0 aliphatic carbocycles. The molecule has 0 amide bonds. The summed E-state index contributed by atoms with van der Waals surface area (Å²) in [5.41, 5.74) is 1.46. The summed E-state index contributed by atoms with van der Waals surface area (Å²) < 4.78 is 28.3. The van der Waals surface area contributed by atoms with Gasteiger partial charge in [-0.05, 0) is 18.2 Å². The van der Waals surface area contributed by atoms with Crippen LogP contribution in [-0.4, -0.2) is 33.3 Å². The number of halogens is 1. The lowest BCUT2D eigenvalue weighted by Crippen LogP contribution is -2.04. The van der Waals surface area contributed by atoms with Gasteiger partial charge in [0.1, 0.15) is 24.7 Å². The van der Waals surface area contributed by atoms with Crippen LogP contribution in [0.5, 0.6) is 5.88 Å². The number of hydrogen-bond acceptors (Lipinski definition) is 8. The molecule has 3 rings (SSSR count). The molecule has 8 nitrogen and oxygen atoms in total. The summed E-state index contributed by atoms with van der Waals surface area (Å²) in [6.45, 7) is -0.403. The number of aromatic nitrogens is 3. The second-order valence-electron chi connectivity index (χ2n) is 5.12. The Kier molecular flexibility index (Phi) is 5.18. The van der Waals surface area contributed by atoms with E-state index in [9.17, 15) is 14.3 Å². The van der Waals surface area contributed by atoms with E-state index in [2.05, 4.69) is 19.9 Å². The number of methoxy groups -OCH3 is 1. The number of aliphatic hydroxyl groups is 1. The van der Waals surface area contributed by atoms with E-state index in [4.69, 9.17) is 9.26 Å². The van der Waals surface area contributed by atoms with Crippen LogP contribution in [0.25, 0.3) is 11.4 Å². The maximum Gasteiger partial charge on any atom is 0.339 e. The highest BCUT2D eigenvalue weighted by atomic mass is 19.1. The molecule has 0 radical (unpaired) electrons. The van der Waals surface area contributed by atoms with Crippen molar-refractivity contribution in [3.05, 3.63) is 59.4 Å². The van der Waals surface area contributed by atoms with Crippen LogP contribution in [0.3, 0.4) is 0 Å². The highest BCUT2D eigenvalue weighted by Gasteiger charge is 2.19. The lowest BCUT2D eigenvalue weighted by atomic mass is 10.1. The Bertz CT molecular complexity index is 894. The number of aliphatic hydroxyl groups excluding tert-OH is 1. The molecule has 0 atom stereocenters. The normalized spacial score (nSPS) is 10.6. The van der Waals surface area contributed by atoms with Crippen molar-refractivity contribution in [3.63, 3.8) is 0 Å². The molecule has 26 heavy (non-hydrogen) atoms. The Hall–Kier alpha value is -3.33. The zero-order valence-corrected chi connectivity index (χ0v) is 13.7. The standard InChI is InChI=1S/C17H14FN3O5/c1-24-17(23)10-2-5-15(20-6-10)25-9-12-14(8-22)26-21-16(12)13-4-3-11(18)7-19-13/h2-7,22H,8-9H2,1H3. The van der Waals surface area contributed by atoms with Crippen molar-refractivity contribution < 1.29 is 28.3 Å². The number of ether oxygens (including phenoxy) is 2. The first-order chi connectivity index (χ1) is 12.6. The first kappa shape index (κ1) is 17.5. The van der Waals surface area contributed by atoms with Crippen LogP contribution in [0, 0.1) is 5.82 Å². The van der Waals surface area contributed by atoms with Crippen LogP contribution >= 0.6 is 0 Å². The predicted octanol–water partition coefficient (Wildman–Crippen LogP) is 2.13. The van der Waals surface area contributed by atoms with E-state index < -0.39 is 11.8 Å². The van der Waals surface area contributed by atoms with Crippen molar-refractivity contribution in [2.45, 2.75) is 13.2 Å². The quantitative estimate of drug-likeness (QED) is 0.667. The summed E-state index contributed by atoms with van der Waals surface area (Å²) in [5.74, 6) is -0.527. The molecule has 3 aromatic heterocycles. The topological polar surface area (TPSA) is 108 Å². The SMILES string of the molecule is COC(=O)c1ccc(OCc2c(-c3ccc(F)cn3)noc2CO)nc1. The summed E-state index contributed by atoms with van der Waals surface area (Å²) in [6, 6.07) is 5.71. The van der Waals surface area contributed by atoms with Gasteiger partial charge in [0.25, 0.3) is 0 Å². The predicted molar refractivity (Wildman–Crippen MR) is 85.5 cm³/mol. The first-order valence-electron chi connectivity index (χ1n) is 7.49. The number of carbonyl (C=O) groups is 1. The van der Waals surface area contributed by atoms with E-state index in [1.54, 1.807) is 0 Å². The number of carbonyl (C=O) groups excluding carboxylic acids is 1. The van der Waals surface area contributed by atoms with Gasteiger partial charge in [0, 0.05) is 12.3 Å². The Labute approximate surface area is 147 Å². The lowest BCUT2D eigenvalue weighted by molar-refractivity contribution is 0.0600. The Morgan fingerprint density at radius 1 is 1.23 bits per heavy atom. The van der Waals surface area contributed by atoms with Gasteiger partial charge in [0.15, 0.2) is 5.76 Å². The molecule has 0 unspecified atom stereocenters. The van der Waals surface area contributed by atoms with E-state index in [0.29, 0.717) is 17.0 Å². The molecule has 0 aliphatic heterocycles. The molecule has 9 heteroatoms. The molecule has 0 aliphatic rings. The van der Waals surface area contributed by atoms with Crippen LogP contribution < -0.4 is 4.74 Å². The van der Waals surface area contributed by atoms with Gasteiger partial charge in [-0.15, -0.1) is 0 Å². The largest absolute Gasteiger partial charge is 0.473 e. The van der Waals surface area contributed by atoms with Crippen LogP contribution in [0.15, 0.2) is 41.2 Å². The molecule has 3 heterocycles. The van der Waals surface area contributed by atoms with E-state index in [-0.39, 0.29) is 30.4 Å². The van der Waals surface area contributed by atoms with Gasteiger partial charge in [0.05, 0.1) is 30.1 Å². The van der Waals surface area contributed by atoms with Crippen molar-refractivity contribution in [2.75, 3.05) is 7.11 Å². The minimum absolute atomic E-state index is 0.0155. The first-order valence-corrected chi connectivity index (χ1v) is 7.49. The molecule has 0 fully saturated rings. The zero-order chi connectivity index (χ0) is 18.5. The maximum absolute atomic E-state index is 13.0. The molecule has 3 aromatic rings. The maximum atomic E-state index is 13.0. The van der Waals surface area contributed by atoms with Gasteiger partial charge in [-0.25, -0.2) is 14.2 Å². The Morgan fingerprint density at radius 3 is 2.69 bits per heavy atom. The second-order valence-corrected chi connectivity index (χ2v) is 5.12. The minimum Gasteiger partial charge on any atom is -0.473 e. The fourth-order valence-corrected chi connectivity index (χ4v) is 2.18. The number of rotatable bonds is 6. The minimum atomic E-state index is -0.504. The van der Waals surface area contributed by atoms with Crippen molar-refractivity contribution in [2.24, 2.45) is 0 Å². The summed E-state index contributed by atoms with van der Waals surface area (Å²) in [6.07, 6.45) is 2.38. The number of hydrogen-bond donors (Lipinski definition) is 1. The van der Waals surface area contributed by atoms with Gasteiger partial charge >= 0.3 is 5.97 Å². The number of esters is 1. The summed E-state index contributed by atoms with van der Waals surface area (Å²) in [4.78, 5) is 19.4. The Morgan fingerprint density at radius 2 is 2.08 bits per heavy atom. The van der Waals surface area contributed by atoms with Gasteiger partial charge in [-0.3, -0.25) is 4.98 Å². The fraction of sp³-hybridized carbons (Fsp3) is 0.176. The van der Waals surface area contributed by atoms with Crippen molar-refractivity contribution in [1.82, 2.24) is 15.1 Å². The smallest absolute Gasteiger partial charge is 0.339 e. The van der Waals surface area contributed by atoms with E-state index in [0.717, 1.165) is 6.20 Å². The van der Waals surface area contributed by atoms with Crippen molar-refractivity contribution in [1.29, 1.82) is 0 Å². The summed E-state index contributed by atoms with van der Waals surface area (Å²) in [7, 11) is 1.28. The highest BCUT2D eigenvalue weighted by molar-refractivity contribution is 5.88. The summed E-state index contributed by atoms with van der Waals surface area (Å²) in [5, 5.41) is 13.3. The molecule has 0 bridgehead atoms. The van der Waals surface area contributed by atoms with Crippen LogP contribution in [0.2, 0.25) is 0 Å². The molecule has 0 spiro atoms. The molecule has 1 N–H and O–H groups in total. The molecule has 0 aromatic carbocycles. The lowest BCUT2D eigenvalue weighted by Gasteiger charge is -2.07. The molecular weight excluding hydrogens is 345 g/mol. The van der Waals surface area contributed by atoms with Crippen LogP contribution in [0.1, 0.15) is 21.7 Å². The van der Waals surface area contributed by atoms with Gasteiger partial charge in [0.2, 0.25) is 5.88 Å². The molecular formula is C17H14FN3O5. The van der Waals surface area contributed by atoms with Crippen molar-refractivity contribution >= 4 is 5.97 Å². The third-order valence-electron chi connectivity index (χ3n) is 3.51. The highest BCUT2D eigenvalue weighted by Crippen LogP contribution is 2.25. The van der Waals surface area contributed by atoms with E-state index >= 15 is 0 Å². The van der Waals surface area contributed by atoms with E-state index in [1.165, 1.54) is 37.6 Å².